The van der Waals surface area contributed by atoms with Crippen LogP contribution >= 0.6 is 11.6 Å². The van der Waals surface area contributed by atoms with Crippen molar-refractivity contribution >= 4 is 22.6 Å². The van der Waals surface area contributed by atoms with Gasteiger partial charge in [0.25, 0.3) is 0 Å². The van der Waals surface area contributed by atoms with Crippen molar-refractivity contribution in [3.8, 4) is 40.1 Å². The van der Waals surface area contributed by atoms with Crippen LogP contribution in [0.5, 0.6) is 28.7 Å². The van der Waals surface area contributed by atoms with Gasteiger partial charge < -0.3 is 28.8 Å². The van der Waals surface area contributed by atoms with E-state index in [9.17, 15) is 15.0 Å². The summed E-state index contributed by atoms with van der Waals surface area (Å²) in [5.74, 6) is -0.139. The van der Waals surface area contributed by atoms with Gasteiger partial charge >= 0.3 is 5.79 Å². The van der Waals surface area contributed by atoms with E-state index in [4.69, 9.17) is 30.2 Å². The van der Waals surface area contributed by atoms with Crippen LogP contribution in [-0.4, -0.2) is 22.7 Å². The Balaban J connectivity index is 1.42. The molecule has 1 aliphatic rings. The Morgan fingerprint density at radius 1 is 0.762 bits per heavy atom. The first-order chi connectivity index (χ1) is 20.5. The van der Waals surface area contributed by atoms with Crippen molar-refractivity contribution in [3.05, 3.63) is 112 Å². The number of halogens is 1. The van der Waals surface area contributed by atoms with E-state index in [1.165, 1.54) is 6.07 Å². The van der Waals surface area contributed by atoms with E-state index >= 15 is 0 Å². The molecule has 7 nitrogen and oxygen atoms in total. The normalized spacial score (nSPS) is 13.4. The summed E-state index contributed by atoms with van der Waals surface area (Å²) in [6.07, 6.45) is 3.48. The average Bonchev–Trinajstić information content (AvgIpc) is 3.40. The molecule has 5 aromatic rings. The quantitative estimate of drug-likeness (QED) is 0.128. The average molecular weight is 585 g/mol. The summed E-state index contributed by atoms with van der Waals surface area (Å²) >= 11 is 5.78. The Kier molecular flexibility index (Phi) is 7.68. The van der Waals surface area contributed by atoms with Gasteiger partial charge in [-0.3, -0.25) is 4.79 Å². The van der Waals surface area contributed by atoms with Crippen molar-refractivity contribution in [2.24, 2.45) is 0 Å². The molecule has 0 bridgehead atoms. The number of rotatable bonds is 10. The van der Waals surface area contributed by atoms with Crippen LogP contribution in [0.2, 0.25) is 0 Å². The predicted molar refractivity (Wildman–Crippen MR) is 161 cm³/mol. The minimum atomic E-state index is -1.21. The molecule has 1 aliphatic heterocycles. The topological polar surface area (TPSA) is 98.4 Å². The van der Waals surface area contributed by atoms with Crippen LogP contribution < -0.4 is 19.6 Å². The van der Waals surface area contributed by atoms with Crippen LogP contribution in [0.25, 0.3) is 22.3 Å². The number of phenolic OH excluding ortho intramolecular Hbond substituents is 2. The number of aromatic hydroxyl groups is 2. The lowest BCUT2D eigenvalue weighted by Gasteiger charge is -2.28. The van der Waals surface area contributed by atoms with Crippen LogP contribution in [0.15, 0.2) is 100 Å². The van der Waals surface area contributed by atoms with E-state index in [1.807, 2.05) is 60.7 Å². The number of hydrogen-bond acceptors (Lipinski definition) is 7. The molecule has 0 radical (unpaired) electrons. The number of hydrogen-bond donors (Lipinski definition) is 2. The second-order valence-electron chi connectivity index (χ2n) is 10.1. The third-order valence-corrected chi connectivity index (χ3v) is 7.48. The van der Waals surface area contributed by atoms with Gasteiger partial charge in [-0.1, -0.05) is 73.5 Å². The molecule has 0 unspecified atom stereocenters. The van der Waals surface area contributed by atoms with E-state index in [0.717, 1.165) is 36.5 Å². The molecule has 42 heavy (non-hydrogen) atoms. The summed E-state index contributed by atoms with van der Waals surface area (Å²) in [5, 5.41) is 20.5. The largest absolute Gasteiger partial charge is 0.508 e. The standard InChI is InChI=1S/C34H29ClO7/c35-17-9-1-2-10-18-39-33-31(38)30-26(37)20-25(36)21-29(30)40-32(33)22-15-16-27-28(19-22)42-34(41-27,23-11-5-3-6-12-23)24-13-7-4-8-14-24/h3-8,11-16,19-21,36-37H,1-2,9-10,17-18H2. The summed E-state index contributed by atoms with van der Waals surface area (Å²) < 4.78 is 25.2. The molecule has 8 heteroatoms. The maximum Gasteiger partial charge on any atom is 0.305 e. The number of ether oxygens (including phenoxy) is 3. The molecule has 0 atom stereocenters. The van der Waals surface area contributed by atoms with Crippen LogP contribution in [0.4, 0.5) is 0 Å². The Hall–Kier alpha value is -4.62. The summed E-state index contributed by atoms with van der Waals surface area (Å²) in [7, 11) is 0. The van der Waals surface area contributed by atoms with Crippen molar-refractivity contribution < 1.29 is 28.8 Å². The minimum Gasteiger partial charge on any atom is -0.508 e. The van der Waals surface area contributed by atoms with Gasteiger partial charge in [-0.25, -0.2) is 0 Å². The molecule has 0 amide bonds. The fraction of sp³-hybridized carbons (Fsp3) is 0.206. The highest BCUT2D eigenvalue weighted by molar-refractivity contribution is 6.17. The zero-order valence-corrected chi connectivity index (χ0v) is 23.5. The Labute approximate surface area is 247 Å². The monoisotopic (exact) mass is 584 g/mol. The Morgan fingerprint density at radius 3 is 2.12 bits per heavy atom. The van der Waals surface area contributed by atoms with Gasteiger partial charge in [0.15, 0.2) is 17.3 Å². The predicted octanol–water partition coefficient (Wildman–Crippen LogP) is 7.72. The Morgan fingerprint density at radius 2 is 1.43 bits per heavy atom. The van der Waals surface area contributed by atoms with E-state index in [-0.39, 0.29) is 34.8 Å². The van der Waals surface area contributed by atoms with Gasteiger partial charge in [0, 0.05) is 34.7 Å². The maximum absolute atomic E-state index is 13.6. The third-order valence-electron chi connectivity index (χ3n) is 7.21. The van der Waals surface area contributed by atoms with Crippen LogP contribution in [-0.2, 0) is 5.79 Å². The number of alkyl halides is 1. The smallest absolute Gasteiger partial charge is 0.305 e. The molecule has 2 N–H and O–H groups in total. The fourth-order valence-electron chi connectivity index (χ4n) is 5.18. The summed E-state index contributed by atoms with van der Waals surface area (Å²) in [4.78, 5) is 13.6. The molecule has 214 valence electrons. The number of phenols is 2. The minimum absolute atomic E-state index is 0.0301. The zero-order valence-electron chi connectivity index (χ0n) is 22.7. The molecule has 2 heterocycles. The zero-order chi connectivity index (χ0) is 29.1. The van der Waals surface area contributed by atoms with Crippen molar-refractivity contribution in [1.82, 2.24) is 0 Å². The van der Waals surface area contributed by atoms with Gasteiger partial charge in [-0.05, 0) is 31.0 Å². The highest BCUT2D eigenvalue weighted by Gasteiger charge is 2.45. The fourth-order valence-corrected chi connectivity index (χ4v) is 5.36. The first kappa shape index (κ1) is 27.5. The lowest BCUT2D eigenvalue weighted by molar-refractivity contribution is -0.0459. The van der Waals surface area contributed by atoms with Crippen molar-refractivity contribution in [2.45, 2.75) is 31.5 Å². The molecule has 1 aromatic heterocycles. The second kappa shape index (κ2) is 11.7. The van der Waals surface area contributed by atoms with Gasteiger partial charge in [0.1, 0.15) is 22.5 Å². The van der Waals surface area contributed by atoms with Gasteiger partial charge in [0.2, 0.25) is 11.2 Å². The summed E-state index contributed by atoms with van der Waals surface area (Å²) in [6, 6.07) is 27.0. The van der Waals surface area contributed by atoms with E-state index in [0.29, 0.717) is 29.4 Å². The number of unbranched alkanes of at least 4 members (excludes halogenated alkanes) is 3. The van der Waals surface area contributed by atoms with Crippen molar-refractivity contribution in [2.75, 3.05) is 12.5 Å². The first-order valence-corrected chi connectivity index (χ1v) is 14.4. The molecule has 6 rings (SSSR count). The maximum atomic E-state index is 13.6. The third kappa shape index (κ3) is 5.12. The van der Waals surface area contributed by atoms with E-state index < -0.39 is 17.0 Å². The SMILES string of the molecule is O=c1c(OCCCCCCCl)c(-c2ccc3c(c2)OC(c2ccccc2)(c2ccccc2)O3)oc2cc(O)cc(O)c12. The molecule has 0 saturated heterocycles. The summed E-state index contributed by atoms with van der Waals surface area (Å²) in [5.41, 5.74) is 1.63. The van der Waals surface area contributed by atoms with Gasteiger partial charge in [0.05, 0.1) is 6.61 Å². The van der Waals surface area contributed by atoms with Gasteiger partial charge in [-0.2, -0.15) is 0 Å². The van der Waals surface area contributed by atoms with Crippen LogP contribution in [0, 0.1) is 0 Å². The van der Waals surface area contributed by atoms with E-state index in [2.05, 4.69) is 0 Å². The van der Waals surface area contributed by atoms with Crippen molar-refractivity contribution in [1.29, 1.82) is 0 Å². The first-order valence-electron chi connectivity index (χ1n) is 13.9. The highest BCUT2D eigenvalue weighted by atomic mass is 35.5. The molecule has 0 saturated carbocycles. The van der Waals surface area contributed by atoms with E-state index in [1.54, 1.807) is 18.2 Å². The van der Waals surface area contributed by atoms with Crippen LogP contribution in [0.3, 0.4) is 0 Å². The highest BCUT2D eigenvalue weighted by Crippen LogP contribution is 2.49. The summed E-state index contributed by atoms with van der Waals surface area (Å²) in [6.45, 7) is 0.278. The number of benzene rings is 4. The second-order valence-corrected chi connectivity index (χ2v) is 10.5. The van der Waals surface area contributed by atoms with Gasteiger partial charge in [-0.15, -0.1) is 11.6 Å². The lowest BCUT2D eigenvalue weighted by atomic mass is 9.97. The molecular formula is C34H29ClO7. The van der Waals surface area contributed by atoms with Crippen LogP contribution in [0.1, 0.15) is 36.8 Å². The molecule has 0 fully saturated rings. The molecule has 0 spiro atoms. The molecule has 4 aromatic carbocycles. The molecular weight excluding hydrogens is 556 g/mol. The number of fused-ring (bicyclic) bond motifs is 2. The lowest BCUT2D eigenvalue weighted by Crippen LogP contribution is -2.36. The van der Waals surface area contributed by atoms with Crippen molar-refractivity contribution in [3.63, 3.8) is 0 Å². The Bertz CT molecular complexity index is 1730. The molecule has 0 aliphatic carbocycles.